The molecule has 0 N–H and O–H groups in total. The highest BCUT2D eigenvalue weighted by Gasteiger charge is 2.28. The van der Waals surface area contributed by atoms with Crippen LogP contribution in [0.1, 0.15) is 44.5 Å². The van der Waals surface area contributed by atoms with Gasteiger partial charge in [0, 0.05) is 32.3 Å². The molecule has 5 nitrogen and oxygen atoms in total. The molecule has 4 heterocycles. The predicted molar refractivity (Wildman–Crippen MR) is 90.6 cm³/mol. The summed E-state index contributed by atoms with van der Waals surface area (Å²) >= 11 is 0. The zero-order valence-corrected chi connectivity index (χ0v) is 13.9. The van der Waals surface area contributed by atoms with Gasteiger partial charge in [0.15, 0.2) is 5.65 Å². The Morgan fingerprint density at radius 3 is 3.04 bits per heavy atom. The lowest BCUT2D eigenvalue weighted by atomic mass is 10.1. The molecule has 2 aliphatic rings. The quantitative estimate of drug-likeness (QED) is 0.870. The molecule has 5 heteroatoms. The van der Waals surface area contributed by atoms with Crippen LogP contribution in [0.4, 0.5) is 0 Å². The zero-order chi connectivity index (χ0) is 15.6. The van der Waals surface area contributed by atoms with Crippen molar-refractivity contribution < 1.29 is 4.74 Å². The molecule has 0 amide bonds. The third kappa shape index (κ3) is 3.00. The van der Waals surface area contributed by atoms with Gasteiger partial charge < -0.3 is 14.2 Å². The van der Waals surface area contributed by atoms with Gasteiger partial charge in [0.1, 0.15) is 11.3 Å². The smallest absolute Gasteiger partial charge is 0.160 e. The number of fused-ring (bicyclic) bond motifs is 1. The molecule has 124 valence electrons. The second kappa shape index (κ2) is 6.57. The van der Waals surface area contributed by atoms with Crippen LogP contribution >= 0.6 is 0 Å². The van der Waals surface area contributed by atoms with E-state index in [0.29, 0.717) is 12.1 Å². The van der Waals surface area contributed by atoms with E-state index in [9.17, 15) is 0 Å². The fourth-order valence-corrected chi connectivity index (χ4v) is 3.99. The van der Waals surface area contributed by atoms with Crippen molar-refractivity contribution in [3.8, 4) is 0 Å². The Labute approximate surface area is 137 Å². The topological polar surface area (TPSA) is 43.2 Å². The second-order valence-corrected chi connectivity index (χ2v) is 6.77. The molecule has 2 aromatic rings. The zero-order valence-electron chi connectivity index (χ0n) is 13.9. The van der Waals surface area contributed by atoms with Crippen molar-refractivity contribution in [1.82, 2.24) is 19.4 Å². The summed E-state index contributed by atoms with van der Waals surface area (Å²) in [6.45, 7) is 6.54. The Bertz CT molecular complexity index is 662. The van der Waals surface area contributed by atoms with E-state index < -0.39 is 0 Å². The number of aromatic nitrogens is 3. The molecule has 2 aromatic heterocycles. The highest BCUT2D eigenvalue weighted by molar-refractivity contribution is 5.71. The van der Waals surface area contributed by atoms with Crippen molar-refractivity contribution >= 4 is 11.2 Å². The van der Waals surface area contributed by atoms with E-state index in [0.717, 1.165) is 49.5 Å². The average molecular weight is 314 g/mol. The normalized spacial score (nSPS) is 26.1. The van der Waals surface area contributed by atoms with E-state index in [1.807, 2.05) is 12.3 Å². The van der Waals surface area contributed by atoms with E-state index in [4.69, 9.17) is 9.72 Å². The minimum absolute atomic E-state index is 0.322. The minimum atomic E-state index is 0.322. The Balaban J connectivity index is 1.66. The summed E-state index contributed by atoms with van der Waals surface area (Å²) in [6, 6.07) is 4.55. The van der Waals surface area contributed by atoms with Crippen molar-refractivity contribution in [3.05, 3.63) is 24.2 Å². The number of ether oxygens (including phenoxy) is 1. The van der Waals surface area contributed by atoms with E-state index in [1.165, 1.54) is 25.8 Å². The molecular formula is C18H26N4O. The fourth-order valence-electron chi connectivity index (χ4n) is 3.99. The van der Waals surface area contributed by atoms with Gasteiger partial charge in [0.05, 0.1) is 12.1 Å². The molecule has 2 atom stereocenters. The first-order valence-corrected chi connectivity index (χ1v) is 9.01. The van der Waals surface area contributed by atoms with Gasteiger partial charge in [-0.05, 0) is 44.4 Å². The number of imidazole rings is 1. The Morgan fingerprint density at radius 2 is 2.26 bits per heavy atom. The predicted octanol–water partition coefficient (Wildman–Crippen LogP) is 2.81. The maximum Gasteiger partial charge on any atom is 0.160 e. The number of likely N-dealkylation sites (N-methyl/N-ethyl adjacent to an activating group) is 1. The van der Waals surface area contributed by atoms with Crippen LogP contribution in [0, 0.1) is 0 Å². The van der Waals surface area contributed by atoms with Crippen molar-refractivity contribution in [2.45, 2.75) is 51.2 Å². The highest BCUT2D eigenvalue weighted by atomic mass is 16.5. The standard InChI is InChI=1S/C18H26N4O/c1-2-21-10-8-14(13-21)22-17(12-15-6-3-4-11-23-15)20-16-7-5-9-19-18(16)22/h5,7,9,14-15H,2-4,6,8,10-13H2,1H3. The lowest BCUT2D eigenvalue weighted by Gasteiger charge is -2.24. The number of nitrogens with zero attached hydrogens (tertiary/aromatic N) is 4. The van der Waals surface area contributed by atoms with Gasteiger partial charge >= 0.3 is 0 Å². The summed E-state index contributed by atoms with van der Waals surface area (Å²) in [5.74, 6) is 1.16. The third-order valence-corrected chi connectivity index (χ3v) is 5.27. The number of hydrogen-bond acceptors (Lipinski definition) is 4. The van der Waals surface area contributed by atoms with Crippen LogP contribution in [0.15, 0.2) is 18.3 Å². The number of rotatable bonds is 4. The van der Waals surface area contributed by atoms with Crippen molar-refractivity contribution in [3.63, 3.8) is 0 Å². The Kier molecular flexibility index (Phi) is 4.31. The Hall–Kier alpha value is -1.46. The molecule has 2 saturated heterocycles. The van der Waals surface area contributed by atoms with Crippen LogP contribution in [0.3, 0.4) is 0 Å². The largest absolute Gasteiger partial charge is 0.378 e. The molecule has 0 radical (unpaired) electrons. The van der Waals surface area contributed by atoms with E-state index in [2.05, 4.69) is 27.4 Å². The summed E-state index contributed by atoms with van der Waals surface area (Å²) < 4.78 is 8.36. The summed E-state index contributed by atoms with van der Waals surface area (Å²) in [4.78, 5) is 12.0. The van der Waals surface area contributed by atoms with Gasteiger partial charge in [-0.3, -0.25) is 0 Å². The molecule has 0 aliphatic carbocycles. The molecule has 2 aliphatic heterocycles. The van der Waals surface area contributed by atoms with Gasteiger partial charge in [-0.15, -0.1) is 0 Å². The summed E-state index contributed by atoms with van der Waals surface area (Å²) in [7, 11) is 0. The summed E-state index contributed by atoms with van der Waals surface area (Å²) in [5.41, 5.74) is 2.06. The maximum atomic E-state index is 5.95. The average Bonchev–Trinajstić information content (AvgIpc) is 3.19. The molecule has 2 unspecified atom stereocenters. The van der Waals surface area contributed by atoms with Crippen LogP contribution < -0.4 is 0 Å². The van der Waals surface area contributed by atoms with Crippen LogP contribution in [0.2, 0.25) is 0 Å². The first kappa shape index (κ1) is 15.1. The Morgan fingerprint density at radius 1 is 1.30 bits per heavy atom. The van der Waals surface area contributed by atoms with Gasteiger partial charge in [0.2, 0.25) is 0 Å². The number of likely N-dealkylation sites (tertiary alicyclic amines) is 1. The number of hydrogen-bond donors (Lipinski definition) is 0. The highest BCUT2D eigenvalue weighted by Crippen LogP contribution is 2.28. The van der Waals surface area contributed by atoms with Crippen LogP contribution in [-0.4, -0.2) is 51.8 Å². The van der Waals surface area contributed by atoms with Crippen LogP contribution in [0.5, 0.6) is 0 Å². The molecule has 2 fully saturated rings. The van der Waals surface area contributed by atoms with Gasteiger partial charge in [-0.25, -0.2) is 9.97 Å². The molecule has 4 rings (SSSR count). The lowest BCUT2D eigenvalue weighted by molar-refractivity contribution is 0.0151. The third-order valence-electron chi connectivity index (χ3n) is 5.27. The SMILES string of the molecule is CCN1CCC(n2c(CC3CCCCO3)nc3cccnc32)C1. The first-order chi connectivity index (χ1) is 11.3. The van der Waals surface area contributed by atoms with Gasteiger partial charge in [-0.2, -0.15) is 0 Å². The molecule has 0 aromatic carbocycles. The van der Waals surface area contributed by atoms with Crippen molar-refractivity contribution in [1.29, 1.82) is 0 Å². The van der Waals surface area contributed by atoms with E-state index in [-0.39, 0.29) is 0 Å². The lowest BCUT2D eigenvalue weighted by Crippen LogP contribution is -2.25. The first-order valence-electron chi connectivity index (χ1n) is 9.01. The molecule has 0 bridgehead atoms. The van der Waals surface area contributed by atoms with Crippen molar-refractivity contribution in [2.75, 3.05) is 26.2 Å². The summed E-state index contributed by atoms with van der Waals surface area (Å²) in [5, 5.41) is 0. The molecule has 0 saturated carbocycles. The van der Waals surface area contributed by atoms with E-state index in [1.54, 1.807) is 0 Å². The second-order valence-electron chi connectivity index (χ2n) is 6.77. The minimum Gasteiger partial charge on any atom is -0.378 e. The van der Waals surface area contributed by atoms with Crippen molar-refractivity contribution in [2.24, 2.45) is 0 Å². The molecule has 0 spiro atoms. The molecule has 23 heavy (non-hydrogen) atoms. The molecular weight excluding hydrogens is 288 g/mol. The van der Waals surface area contributed by atoms with Gasteiger partial charge in [-0.1, -0.05) is 6.92 Å². The van der Waals surface area contributed by atoms with Crippen LogP contribution in [0.25, 0.3) is 11.2 Å². The van der Waals surface area contributed by atoms with Crippen LogP contribution in [-0.2, 0) is 11.2 Å². The maximum absolute atomic E-state index is 5.95. The number of pyridine rings is 1. The monoisotopic (exact) mass is 314 g/mol. The summed E-state index contributed by atoms with van der Waals surface area (Å²) in [6.07, 6.45) is 7.94. The van der Waals surface area contributed by atoms with E-state index >= 15 is 0 Å². The fraction of sp³-hybridized carbons (Fsp3) is 0.667. The van der Waals surface area contributed by atoms with Gasteiger partial charge in [0.25, 0.3) is 0 Å².